The summed E-state index contributed by atoms with van der Waals surface area (Å²) >= 11 is 5.03. The highest BCUT2D eigenvalue weighted by molar-refractivity contribution is 7.71. The van der Waals surface area contributed by atoms with E-state index in [1.165, 1.54) is 0 Å². The average molecular weight is 201 g/mol. The van der Waals surface area contributed by atoms with E-state index in [1.807, 2.05) is 25.3 Å². The molecule has 74 valence electrons. The summed E-state index contributed by atoms with van der Waals surface area (Å²) in [4.78, 5) is 0. The van der Waals surface area contributed by atoms with Crippen molar-refractivity contribution in [3.05, 3.63) is 11.1 Å². The van der Waals surface area contributed by atoms with Gasteiger partial charge in [-0.25, -0.2) is 0 Å². The first-order valence-electron chi connectivity index (χ1n) is 4.29. The Hall–Kier alpha value is -0.680. The van der Waals surface area contributed by atoms with Crippen LogP contribution >= 0.6 is 12.2 Å². The summed E-state index contributed by atoms with van der Waals surface area (Å²) < 4.78 is 8.05. The Kier molecular flexibility index (Phi) is 3.22. The molecule has 0 aliphatic heterocycles. The number of hydrogen-bond acceptors (Lipinski definition) is 3. The third-order valence-corrected chi connectivity index (χ3v) is 2.03. The predicted octanol–water partition coefficient (Wildman–Crippen LogP) is 1.76. The van der Waals surface area contributed by atoms with Gasteiger partial charge < -0.3 is 9.30 Å². The van der Waals surface area contributed by atoms with Gasteiger partial charge in [-0.2, -0.15) is 5.10 Å². The maximum atomic E-state index is 5.55. The summed E-state index contributed by atoms with van der Waals surface area (Å²) in [6, 6.07) is 0. The molecule has 1 N–H and O–H groups in total. The lowest BCUT2D eigenvalue weighted by Gasteiger charge is -2.24. The zero-order chi connectivity index (χ0) is 9.90. The van der Waals surface area contributed by atoms with Gasteiger partial charge in [0.25, 0.3) is 0 Å². The molecule has 1 rings (SSSR count). The van der Waals surface area contributed by atoms with E-state index in [-0.39, 0.29) is 5.60 Å². The molecule has 0 bridgehead atoms. The molecule has 0 aliphatic carbocycles. The minimum absolute atomic E-state index is 0.198. The van der Waals surface area contributed by atoms with Gasteiger partial charge >= 0.3 is 0 Å². The Bertz CT molecular complexity index is 315. The monoisotopic (exact) mass is 201 g/mol. The molecule has 1 heterocycles. The van der Waals surface area contributed by atoms with Crippen molar-refractivity contribution >= 4 is 12.2 Å². The first-order chi connectivity index (χ1) is 6.05. The lowest BCUT2D eigenvalue weighted by Crippen LogP contribution is -2.30. The summed E-state index contributed by atoms with van der Waals surface area (Å²) in [5, 5.41) is 6.55. The molecule has 0 aromatic carbocycles. The van der Waals surface area contributed by atoms with Crippen molar-refractivity contribution in [2.75, 3.05) is 6.61 Å². The fraction of sp³-hybridized carbons (Fsp3) is 0.750. The predicted molar refractivity (Wildman–Crippen MR) is 53.1 cm³/mol. The molecule has 1 aromatic heterocycles. The lowest BCUT2D eigenvalue weighted by molar-refractivity contribution is -0.0227. The zero-order valence-corrected chi connectivity index (χ0v) is 9.02. The molecule has 13 heavy (non-hydrogen) atoms. The van der Waals surface area contributed by atoms with E-state index < -0.39 is 0 Å². The van der Waals surface area contributed by atoms with Crippen LogP contribution in [0.1, 0.15) is 20.8 Å². The summed E-state index contributed by atoms with van der Waals surface area (Å²) in [6.45, 7) is 7.47. The quantitative estimate of drug-likeness (QED) is 0.755. The number of rotatable bonds is 4. The van der Waals surface area contributed by atoms with Crippen LogP contribution in [0.15, 0.2) is 6.33 Å². The highest BCUT2D eigenvalue weighted by Gasteiger charge is 2.18. The summed E-state index contributed by atoms with van der Waals surface area (Å²) in [6.07, 6.45) is 1.68. The minimum atomic E-state index is -0.198. The Morgan fingerprint density at radius 1 is 1.69 bits per heavy atom. The van der Waals surface area contributed by atoms with Crippen molar-refractivity contribution in [2.45, 2.75) is 32.9 Å². The van der Waals surface area contributed by atoms with E-state index in [0.29, 0.717) is 11.4 Å². The third-order valence-electron chi connectivity index (χ3n) is 1.70. The van der Waals surface area contributed by atoms with E-state index in [2.05, 4.69) is 10.2 Å². The molecule has 0 fully saturated rings. The van der Waals surface area contributed by atoms with Gasteiger partial charge in [0.1, 0.15) is 6.33 Å². The van der Waals surface area contributed by atoms with Gasteiger partial charge in [0.15, 0.2) is 4.77 Å². The minimum Gasteiger partial charge on any atom is -0.374 e. The maximum Gasteiger partial charge on any atom is 0.195 e. The van der Waals surface area contributed by atoms with Crippen LogP contribution in [-0.2, 0) is 11.3 Å². The van der Waals surface area contributed by atoms with Gasteiger partial charge in [0, 0.05) is 6.61 Å². The molecule has 0 saturated heterocycles. The third kappa shape index (κ3) is 2.93. The van der Waals surface area contributed by atoms with Crippen LogP contribution in [0.4, 0.5) is 0 Å². The molecule has 0 amide bonds. The van der Waals surface area contributed by atoms with Gasteiger partial charge in [-0.3, -0.25) is 5.10 Å². The lowest BCUT2D eigenvalue weighted by atomic mass is 10.1. The van der Waals surface area contributed by atoms with Crippen LogP contribution in [0.3, 0.4) is 0 Å². The molecule has 0 radical (unpaired) electrons. The van der Waals surface area contributed by atoms with Gasteiger partial charge in [0.05, 0.1) is 12.1 Å². The molecular weight excluding hydrogens is 186 g/mol. The number of hydrogen-bond donors (Lipinski definition) is 1. The highest BCUT2D eigenvalue weighted by atomic mass is 32.1. The standard InChI is InChI=1S/C8H15N3OS/c1-4-12-8(2,3)5-11-6-9-10-7(11)13/h6H,4-5H2,1-3H3,(H,10,13). The summed E-state index contributed by atoms with van der Waals surface area (Å²) in [5.74, 6) is 0. The fourth-order valence-electron chi connectivity index (χ4n) is 1.23. The molecule has 5 heteroatoms. The molecular formula is C8H15N3OS. The van der Waals surface area contributed by atoms with Crippen LogP contribution < -0.4 is 0 Å². The summed E-state index contributed by atoms with van der Waals surface area (Å²) in [5.41, 5.74) is -0.198. The molecule has 0 saturated carbocycles. The van der Waals surface area contributed by atoms with Crippen molar-refractivity contribution in [2.24, 2.45) is 0 Å². The Morgan fingerprint density at radius 2 is 2.38 bits per heavy atom. The van der Waals surface area contributed by atoms with Gasteiger partial charge in [0.2, 0.25) is 0 Å². The van der Waals surface area contributed by atoms with E-state index in [1.54, 1.807) is 6.33 Å². The SMILES string of the molecule is CCOC(C)(C)Cn1cn[nH]c1=S. The topological polar surface area (TPSA) is 42.8 Å². The fourth-order valence-corrected chi connectivity index (χ4v) is 1.39. The first-order valence-corrected chi connectivity index (χ1v) is 4.70. The Labute approximate surface area is 82.9 Å². The zero-order valence-electron chi connectivity index (χ0n) is 8.20. The second-order valence-electron chi connectivity index (χ2n) is 3.48. The molecule has 0 aliphatic rings. The van der Waals surface area contributed by atoms with E-state index in [0.717, 1.165) is 6.54 Å². The van der Waals surface area contributed by atoms with E-state index >= 15 is 0 Å². The molecule has 1 aromatic rings. The number of aromatic amines is 1. The summed E-state index contributed by atoms with van der Waals surface area (Å²) in [7, 11) is 0. The van der Waals surface area contributed by atoms with Crippen molar-refractivity contribution in [1.82, 2.24) is 14.8 Å². The van der Waals surface area contributed by atoms with E-state index in [4.69, 9.17) is 17.0 Å². The molecule has 0 atom stereocenters. The normalized spacial score (nSPS) is 11.9. The number of nitrogens with zero attached hydrogens (tertiary/aromatic N) is 2. The van der Waals surface area contributed by atoms with Crippen molar-refractivity contribution in [3.8, 4) is 0 Å². The smallest absolute Gasteiger partial charge is 0.195 e. The van der Waals surface area contributed by atoms with Crippen LogP contribution in [0, 0.1) is 4.77 Å². The van der Waals surface area contributed by atoms with Crippen LogP contribution in [0.5, 0.6) is 0 Å². The number of ether oxygens (including phenoxy) is 1. The van der Waals surface area contributed by atoms with Crippen molar-refractivity contribution in [3.63, 3.8) is 0 Å². The second kappa shape index (κ2) is 4.02. The Morgan fingerprint density at radius 3 is 2.85 bits per heavy atom. The molecule has 4 nitrogen and oxygen atoms in total. The number of nitrogens with one attached hydrogen (secondary N) is 1. The van der Waals surface area contributed by atoms with Gasteiger partial charge in [-0.15, -0.1) is 0 Å². The van der Waals surface area contributed by atoms with Gasteiger partial charge in [-0.05, 0) is 33.0 Å². The number of aromatic nitrogens is 3. The van der Waals surface area contributed by atoms with Crippen molar-refractivity contribution in [1.29, 1.82) is 0 Å². The Balaban J connectivity index is 2.68. The maximum absolute atomic E-state index is 5.55. The average Bonchev–Trinajstić information content (AvgIpc) is 2.35. The van der Waals surface area contributed by atoms with Gasteiger partial charge in [-0.1, -0.05) is 0 Å². The number of H-pyrrole nitrogens is 1. The van der Waals surface area contributed by atoms with Crippen LogP contribution in [0.25, 0.3) is 0 Å². The largest absolute Gasteiger partial charge is 0.374 e. The molecule has 0 spiro atoms. The second-order valence-corrected chi connectivity index (χ2v) is 3.87. The van der Waals surface area contributed by atoms with Crippen molar-refractivity contribution < 1.29 is 4.74 Å². The highest BCUT2D eigenvalue weighted by Crippen LogP contribution is 2.11. The van der Waals surface area contributed by atoms with E-state index in [9.17, 15) is 0 Å². The first kappa shape index (κ1) is 10.4. The van der Waals surface area contributed by atoms with Crippen LogP contribution in [-0.4, -0.2) is 27.0 Å². The van der Waals surface area contributed by atoms with Crippen LogP contribution in [0.2, 0.25) is 0 Å². The molecule has 0 unspecified atom stereocenters.